The number of nitrogens with zero attached hydrogens (tertiary/aromatic N) is 1. The van der Waals surface area contributed by atoms with E-state index in [9.17, 15) is 13.2 Å². The van der Waals surface area contributed by atoms with Gasteiger partial charge in [0.05, 0.1) is 0 Å². The Morgan fingerprint density at radius 2 is 2.07 bits per heavy atom. The lowest BCUT2D eigenvalue weighted by atomic mass is 10.1. The lowest BCUT2D eigenvalue weighted by molar-refractivity contribution is -0.153. The van der Waals surface area contributed by atoms with Crippen LogP contribution in [0, 0.1) is 0 Å². The Balaban J connectivity index is 2.66. The van der Waals surface area contributed by atoms with Gasteiger partial charge in [0.15, 0.2) is 6.61 Å². The van der Waals surface area contributed by atoms with Crippen molar-refractivity contribution < 1.29 is 17.9 Å². The van der Waals surface area contributed by atoms with E-state index >= 15 is 0 Å². The molecule has 0 atom stereocenters. The second-order valence-corrected chi connectivity index (χ2v) is 3.47. The highest BCUT2D eigenvalue weighted by Gasteiger charge is 2.28. The topological polar surface area (TPSA) is 22.1 Å². The third kappa shape index (κ3) is 4.18. The third-order valence-corrected chi connectivity index (χ3v) is 1.75. The quantitative estimate of drug-likeness (QED) is 0.779. The summed E-state index contributed by atoms with van der Waals surface area (Å²) in [6, 6.07) is 2.94. The van der Waals surface area contributed by atoms with E-state index in [0.717, 1.165) is 5.69 Å². The highest BCUT2D eigenvalue weighted by Crippen LogP contribution is 2.20. The number of alkyl halides is 3. The Hall–Kier alpha value is -1.26. The van der Waals surface area contributed by atoms with E-state index in [1.54, 1.807) is 0 Å². The van der Waals surface area contributed by atoms with Gasteiger partial charge in [0.2, 0.25) is 0 Å². The maximum absolute atomic E-state index is 11.9. The van der Waals surface area contributed by atoms with Crippen LogP contribution in [-0.4, -0.2) is 17.8 Å². The molecular formula is C10H12F3NO. The number of aromatic nitrogens is 1. The molecule has 0 amide bonds. The van der Waals surface area contributed by atoms with E-state index in [4.69, 9.17) is 0 Å². The number of hydrogen-bond donors (Lipinski definition) is 0. The largest absolute Gasteiger partial charge is 0.484 e. The summed E-state index contributed by atoms with van der Waals surface area (Å²) < 4.78 is 40.2. The van der Waals surface area contributed by atoms with E-state index in [1.165, 1.54) is 18.3 Å². The van der Waals surface area contributed by atoms with Gasteiger partial charge in [-0.1, -0.05) is 13.8 Å². The van der Waals surface area contributed by atoms with Crippen molar-refractivity contribution in [2.75, 3.05) is 6.61 Å². The zero-order chi connectivity index (χ0) is 11.5. The van der Waals surface area contributed by atoms with Gasteiger partial charge in [-0.2, -0.15) is 13.2 Å². The highest BCUT2D eigenvalue weighted by molar-refractivity contribution is 5.24. The molecule has 84 valence electrons. The Bertz CT molecular complexity index is 323. The van der Waals surface area contributed by atoms with Crippen LogP contribution >= 0.6 is 0 Å². The van der Waals surface area contributed by atoms with Gasteiger partial charge in [-0.05, 0) is 12.0 Å². The van der Waals surface area contributed by atoms with Crippen molar-refractivity contribution in [3.8, 4) is 5.75 Å². The zero-order valence-corrected chi connectivity index (χ0v) is 8.51. The van der Waals surface area contributed by atoms with Crippen molar-refractivity contribution in [1.82, 2.24) is 4.98 Å². The molecule has 0 radical (unpaired) electrons. The normalized spacial score (nSPS) is 11.9. The van der Waals surface area contributed by atoms with E-state index in [1.807, 2.05) is 13.8 Å². The van der Waals surface area contributed by atoms with Gasteiger partial charge in [0, 0.05) is 18.0 Å². The summed E-state index contributed by atoms with van der Waals surface area (Å²) >= 11 is 0. The molecule has 0 N–H and O–H groups in total. The van der Waals surface area contributed by atoms with Crippen LogP contribution in [0.5, 0.6) is 5.75 Å². The van der Waals surface area contributed by atoms with Crippen LogP contribution in [0.2, 0.25) is 0 Å². The van der Waals surface area contributed by atoms with Crippen LogP contribution in [0.25, 0.3) is 0 Å². The van der Waals surface area contributed by atoms with Gasteiger partial charge >= 0.3 is 6.18 Å². The first-order chi connectivity index (χ1) is 6.88. The van der Waals surface area contributed by atoms with Gasteiger partial charge in [-0.3, -0.25) is 4.98 Å². The predicted molar refractivity (Wildman–Crippen MR) is 49.9 cm³/mol. The van der Waals surface area contributed by atoms with Crippen molar-refractivity contribution >= 4 is 0 Å². The fourth-order valence-corrected chi connectivity index (χ4v) is 0.999. The molecule has 1 aromatic rings. The fraction of sp³-hybridized carbons (Fsp3) is 0.500. The van der Waals surface area contributed by atoms with Gasteiger partial charge in [-0.25, -0.2) is 0 Å². The monoisotopic (exact) mass is 219 g/mol. The number of halogens is 3. The van der Waals surface area contributed by atoms with E-state index in [2.05, 4.69) is 9.72 Å². The van der Waals surface area contributed by atoms with Crippen LogP contribution in [0.15, 0.2) is 18.3 Å². The van der Waals surface area contributed by atoms with E-state index in [-0.39, 0.29) is 11.7 Å². The van der Waals surface area contributed by atoms with Crippen molar-refractivity contribution in [1.29, 1.82) is 0 Å². The number of hydrogen-bond acceptors (Lipinski definition) is 2. The first kappa shape index (κ1) is 11.8. The average Bonchev–Trinajstić information content (AvgIpc) is 2.14. The first-order valence-electron chi connectivity index (χ1n) is 4.54. The molecule has 0 spiro atoms. The van der Waals surface area contributed by atoms with Gasteiger partial charge in [0.25, 0.3) is 0 Å². The minimum atomic E-state index is -4.30. The fourth-order valence-electron chi connectivity index (χ4n) is 0.999. The van der Waals surface area contributed by atoms with Crippen LogP contribution in [0.3, 0.4) is 0 Å². The molecule has 0 fully saturated rings. The summed E-state index contributed by atoms with van der Waals surface area (Å²) in [7, 11) is 0. The lowest BCUT2D eigenvalue weighted by Crippen LogP contribution is -2.19. The standard InChI is InChI=1S/C10H12F3NO/c1-7(2)9-5-8(3-4-14-9)15-6-10(11,12)13/h3-5,7H,6H2,1-2H3. The summed E-state index contributed by atoms with van der Waals surface area (Å²) in [6.45, 7) is 2.56. The van der Waals surface area contributed by atoms with Gasteiger partial charge in [-0.15, -0.1) is 0 Å². The SMILES string of the molecule is CC(C)c1cc(OCC(F)(F)F)ccn1. The smallest absolute Gasteiger partial charge is 0.422 e. The zero-order valence-electron chi connectivity index (χ0n) is 8.51. The molecule has 0 saturated carbocycles. The molecule has 0 aliphatic heterocycles. The van der Waals surface area contributed by atoms with Crippen molar-refractivity contribution in [2.45, 2.75) is 25.9 Å². The molecular weight excluding hydrogens is 207 g/mol. The summed E-state index contributed by atoms with van der Waals surface area (Å²) in [5, 5.41) is 0. The maximum Gasteiger partial charge on any atom is 0.422 e. The lowest BCUT2D eigenvalue weighted by Gasteiger charge is -2.10. The average molecular weight is 219 g/mol. The number of pyridine rings is 1. The second-order valence-electron chi connectivity index (χ2n) is 3.47. The van der Waals surface area contributed by atoms with E-state index in [0.29, 0.717) is 0 Å². The van der Waals surface area contributed by atoms with Crippen LogP contribution < -0.4 is 4.74 Å². The summed E-state index contributed by atoms with van der Waals surface area (Å²) in [6.07, 6.45) is -2.86. The van der Waals surface area contributed by atoms with Gasteiger partial charge < -0.3 is 4.74 Å². The predicted octanol–water partition coefficient (Wildman–Crippen LogP) is 3.15. The summed E-state index contributed by atoms with van der Waals surface area (Å²) in [5.74, 6) is 0.366. The molecule has 0 saturated heterocycles. The highest BCUT2D eigenvalue weighted by atomic mass is 19.4. The van der Waals surface area contributed by atoms with Crippen LogP contribution in [0.1, 0.15) is 25.5 Å². The molecule has 0 bridgehead atoms. The first-order valence-corrected chi connectivity index (χ1v) is 4.54. The molecule has 0 aliphatic rings. The molecule has 15 heavy (non-hydrogen) atoms. The van der Waals surface area contributed by atoms with Gasteiger partial charge in [0.1, 0.15) is 5.75 Å². The van der Waals surface area contributed by atoms with Crippen molar-refractivity contribution in [2.24, 2.45) is 0 Å². The molecule has 1 rings (SSSR count). The molecule has 0 aliphatic carbocycles. The van der Waals surface area contributed by atoms with E-state index < -0.39 is 12.8 Å². The van der Waals surface area contributed by atoms with Crippen molar-refractivity contribution in [3.63, 3.8) is 0 Å². The minimum absolute atomic E-state index is 0.166. The Kier molecular flexibility index (Phi) is 3.55. The second kappa shape index (κ2) is 4.51. The maximum atomic E-state index is 11.9. The molecule has 2 nitrogen and oxygen atoms in total. The third-order valence-electron chi connectivity index (χ3n) is 1.75. The molecule has 1 aromatic heterocycles. The molecule has 0 unspecified atom stereocenters. The molecule has 5 heteroatoms. The summed E-state index contributed by atoms with van der Waals surface area (Å²) in [5.41, 5.74) is 0.717. The minimum Gasteiger partial charge on any atom is -0.484 e. The number of ether oxygens (including phenoxy) is 1. The Labute approximate surface area is 86.1 Å². The van der Waals surface area contributed by atoms with Crippen molar-refractivity contribution in [3.05, 3.63) is 24.0 Å². The van der Waals surface area contributed by atoms with Crippen LogP contribution in [-0.2, 0) is 0 Å². The molecule has 1 heterocycles. The Morgan fingerprint density at radius 3 is 2.60 bits per heavy atom. The van der Waals surface area contributed by atoms with Crippen LogP contribution in [0.4, 0.5) is 13.2 Å². The number of rotatable bonds is 3. The Morgan fingerprint density at radius 1 is 1.40 bits per heavy atom. The molecule has 0 aromatic carbocycles. The summed E-state index contributed by atoms with van der Waals surface area (Å²) in [4.78, 5) is 4.02.